The summed E-state index contributed by atoms with van der Waals surface area (Å²) in [6.45, 7) is 5.39. The lowest BCUT2D eigenvalue weighted by Crippen LogP contribution is -1.78. The SMILES string of the molecule is CP(C)(C)=CC=O. The average molecular weight is 118 g/mol. The molecule has 1 nitrogen and oxygen atoms in total. The van der Waals surface area contributed by atoms with E-state index in [0.29, 0.717) is 0 Å². The van der Waals surface area contributed by atoms with E-state index in [0.717, 1.165) is 6.29 Å². The second kappa shape index (κ2) is 2.32. The number of hydrogen-bond donors (Lipinski definition) is 0. The van der Waals surface area contributed by atoms with E-state index in [1.807, 2.05) is 0 Å². The van der Waals surface area contributed by atoms with Gasteiger partial charge in [0.05, 0.1) is 0 Å². The molecule has 0 fully saturated rings. The summed E-state index contributed by atoms with van der Waals surface area (Å²) in [4.78, 5) is 9.79. The van der Waals surface area contributed by atoms with Crippen molar-refractivity contribution in [1.29, 1.82) is 0 Å². The molecular formula is C5H11OP. The van der Waals surface area contributed by atoms with E-state index in [2.05, 4.69) is 20.0 Å². The van der Waals surface area contributed by atoms with Gasteiger partial charge in [-0.25, -0.2) is 0 Å². The van der Waals surface area contributed by atoms with E-state index < -0.39 is 6.89 Å². The zero-order valence-electron chi connectivity index (χ0n) is 5.01. The molecule has 0 atom stereocenters. The van der Waals surface area contributed by atoms with Crippen LogP contribution in [0.4, 0.5) is 0 Å². The van der Waals surface area contributed by atoms with Gasteiger partial charge in [-0.3, -0.25) is 4.79 Å². The molecule has 0 radical (unpaired) electrons. The molecule has 0 aliphatic carbocycles. The van der Waals surface area contributed by atoms with Crippen LogP contribution < -0.4 is 0 Å². The van der Waals surface area contributed by atoms with Crippen LogP contribution in [0.2, 0.25) is 0 Å². The summed E-state index contributed by atoms with van der Waals surface area (Å²) in [6.07, 6.45) is 0.883. The zero-order chi connectivity index (χ0) is 5.91. The van der Waals surface area contributed by atoms with E-state index in [1.54, 1.807) is 5.80 Å². The predicted molar refractivity (Wildman–Crippen MR) is 36.8 cm³/mol. The Kier molecular flexibility index (Phi) is 2.31. The molecule has 0 aromatic heterocycles. The highest BCUT2D eigenvalue weighted by molar-refractivity contribution is 7.74. The quantitative estimate of drug-likeness (QED) is 0.369. The molecule has 0 aromatic carbocycles. The van der Waals surface area contributed by atoms with Crippen molar-refractivity contribution in [2.45, 2.75) is 0 Å². The maximum Gasteiger partial charge on any atom is 0.142 e. The molecular weight excluding hydrogens is 107 g/mol. The Morgan fingerprint density at radius 1 is 1.29 bits per heavy atom. The maximum absolute atomic E-state index is 9.79. The van der Waals surface area contributed by atoms with Gasteiger partial charge >= 0.3 is 0 Å². The van der Waals surface area contributed by atoms with Crippen LogP contribution in [0.25, 0.3) is 0 Å². The summed E-state index contributed by atoms with van der Waals surface area (Å²) >= 11 is 0. The number of hydrogen-bond acceptors (Lipinski definition) is 1. The van der Waals surface area contributed by atoms with Crippen LogP contribution in [0.1, 0.15) is 0 Å². The van der Waals surface area contributed by atoms with Crippen molar-refractivity contribution in [2.75, 3.05) is 20.0 Å². The summed E-state index contributed by atoms with van der Waals surface area (Å²) in [5, 5.41) is 0. The molecule has 0 heterocycles. The minimum atomic E-state index is -0.909. The second-order valence-corrected chi connectivity index (χ2v) is 6.93. The van der Waals surface area contributed by atoms with Gasteiger partial charge < -0.3 is 0 Å². The highest BCUT2D eigenvalue weighted by atomic mass is 31.2. The molecule has 0 saturated heterocycles. The Balaban J connectivity index is 3.98. The first kappa shape index (κ1) is 6.97. The monoisotopic (exact) mass is 118 g/mol. The molecule has 0 saturated carbocycles. The van der Waals surface area contributed by atoms with Gasteiger partial charge in [0.15, 0.2) is 0 Å². The van der Waals surface area contributed by atoms with Gasteiger partial charge in [-0.2, -0.15) is 0 Å². The van der Waals surface area contributed by atoms with E-state index in [1.165, 1.54) is 0 Å². The van der Waals surface area contributed by atoms with Crippen LogP contribution in [0.5, 0.6) is 0 Å². The Bertz CT molecular complexity index is 101. The summed E-state index contributed by atoms with van der Waals surface area (Å²) in [5.74, 6) is 1.74. The van der Waals surface area contributed by atoms with Crippen LogP contribution in [-0.2, 0) is 4.79 Å². The van der Waals surface area contributed by atoms with Crippen molar-refractivity contribution >= 4 is 19.0 Å². The van der Waals surface area contributed by atoms with Crippen LogP contribution in [0, 0.1) is 0 Å². The molecule has 42 valence electrons. The smallest absolute Gasteiger partial charge is 0.142 e. The molecule has 0 unspecified atom stereocenters. The molecule has 0 aromatic rings. The van der Waals surface area contributed by atoms with Crippen molar-refractivity contribution in [2.24, 2.45) is 0 Å². The number of carbonyl (C=O) groups excluding carboxylic acids is 1. The lowest BCUT2D eigenvalue weighted by atomic mass is 10.9. The van der Waals surface area contributed by atoms with Crippen molar-refractivity contribution in [3.8, 4) is 0 Å². The van der Waals surface area contributed by atoms with Gasteiger partial charge in [0, 0.05) is 0 Å². The van der Waals surface area contributed by atoms with Crippen molar-refractivity contribution < 1.29 is 4.79 Å². The fraction of sp³-hybridized carbons (Fsp3) is 0.600. The average Bonchev–Trinajstić information content (AvgIpc) is 1.30. The van der Waals surface area contributed by atoms with Gasteiger partial charge in [-0.1, -0.05) is 0 Å². The van der Waals surface area contributed by atoms with E-state index in [4.69, 9.17) is 0 Å². The Morgan fingerprint density at radius 3 is 1.71 bits per heavy atom. The molecule has 0 aliphatic heterocycles. The maximum atomic E-state index is 9.79. The van der Waals surface area contributed by atoms with Crippen LogP contribution in [0.15, 0.2) is 0 Å². The summed E-state index contributed by atoms with van der Waals surface area (Å²) in [7, 11) is 0. The molecule has 7 heavy (non-hydrogen) atoms. The van der Waals surface area contributed by atoms with Crippen LogP contribution >= 0.6 is 6.89 Å². The summed E-state index contributed by atoms with van der Waals surface area (Å²) in [5.41, 5.74) is 0. The van der Waals surface area contributed by atoms with E-state index >= 15 is 0 Å². The standard InChI is InChI=1S/C5H11OP/c1-7(2,3)5-4-6/h4-5H,1-3H3. The van der Waals surface area contributed by atoms with Gasteiger partial charge in [-0.15, -0.1) is 6.89 Å². The molecule has 0 spiro atoms. The third kappa shape index (κ3) is 5.97. The van der Waals surface area contributed by atoms with Gasteiger partial charge in [0.25, 0.3) is 0 Å². The van der Waals surface area contributed by atoms with Crippen molar-refractivity contribution in [1.82, 2.24) is 0 Å². The molecule has 0 bridgehead atoms. The fourth-order valence-electron chi connectivity index (χ4n) is 0.183. The minimum Gasteiger partial charge on any atom is -0.299 e. The Hall–Kier alpha value is -0.0300. The van der Waals surface area contributed by atoms with Crippen LogP contribution in [0.3, 0.4) is 0 Å². The number of rotatable bonds is 1. The molecule has 0 aliphatic rings. The van der Waals surface area contributed by atoms with E-state index in [9.17, 15) is 4.79 Å². The summed E-state index contributed by atoms with van der Waals surface area (Å²) < 4.78 is 0. The molecule has 0 N–H and O–H groups in total. The van der Waals surface area contributed by atoms with Crippen molar-refractivity contribution in [3.05, 3.63) is 0 Å². The van der Waals surface area contributed by atoms with Gasteiger partial charge in [0.2, 0.25) is 0 Å². The first-order chi connectivity index (χ1) is 3.06. The fourth-order valence-corrected chi connectivity index (χ4v) is 0.548. The van der Waals surface area contributed by atoms with Gasteiger partial charge in [0.1, 0.15) is 6.29 Å². The molecule has 2 heteroatoms. The second-order valence-electron chi connectivity index (χ2n) is 2.40. The largest absolute Gasteiger partial charge is 0.299 e. The minimum absolute atomic E-state index is 0.883. The normalized spacial score (nSPS) is 10.7. The van der Waals surface area contributed by atoms with E-state index in [-0.39, 0.29) is 0 Å². The third-order valence-corrected chi connectivity index (χ3v) is 1.52. The Labute approximate surface area is 44.7 Å². The number of carbonyl (C=O) groups is 1. The summed E-state index contributed by atoms with van der Waals surface area (Å²) in [6, 6.07) is 0. The first-order valence-corrected chi connectivity index (χ1v) is 5.37. The third-order valence-electron chi connectivity index (χ3n) is 0.508. The topological polar surface area (TPSA) is 17.1 Å². The lowest BCUT2D eigenvalue weighted by Gasteiger charge is -2.00. The highest BCUT2D eigenvalue weighted by Crippen LogP contribution is 2.30. The first-order valence-electron chi connectivity index (χ1n) is 2.17. The zero-order valence-corrected chi connectivity index (χ0v) is 5.90. The number of aldehydes is 1. The predicted octanol–water partition coefficient (Wildman–Crippen LogP) is 0.894. The van der Waals surface area contributed by atoms with Gasteiger partial charge in [-0.05, 0) is 25.8 Å². The highest BCUT2D eigenvalue weighted by Gasteiger charge is 1.87. The molecule has 0 amide bonds. The van der Waals surface area contributed by atoms with Crippen molar-refractivity contribution in [3.63, 3.8) is 0 Å². The Morgan fingerprint density at radius 2 is 1.71 bits per heavy atom. The molecule has 0 rings (SSSR count). The van der Waals surface area contributed by atoms with Crippen LogP contribution in [-0.4, -0.2) is 32.1 Å². The lowest BCUT2D eigenvalue weighted by molar-refractivity contribution is -0.102.